The molecule has 0 unspecified atom stereocenters. The molecule has 5 nitrogen and oxygen atoms in total. The average molecular weight is 454 g/mol. The molecule has 0 aliphatic rings. The van der Waals surface area contributed by atoms with Crippen LogP contribution in [0, 0.1) is 22.9 Å². The molecule has 0 bridgehead atoms. The van der Waals surface area contributed by atoms with Gasteiger partial charge in [-0.15, -0.1) is 16.2 Å². The Labute approximate surface area is 188 Å². The second kappa shape index (κ2) is 12.1. The minimum absolute atomic E-state index is 0.0460. The van der Waals surface area contributed by atoms with Crippen LogP contribution in [-0.4, -0.2) is 40.1 Å². The van der Waals surface area contributed by atoms with Crippen molar-refractivity contribution >= 4 is 28.0 Å². The molecule has 31 heavy (non-hydrogen) atoms. The van der Waals surface area contributed by atoms with E-state index in [2.05, 4.69) is 62.2 Å². The van der Waals surface area contributed by atoms with Crippen molar-refractivity contribution in [2.24, 2.45) is 0 Å². The molecule has 0 fully saturated rings. The lowest BCUT2D eigenvalue weighted by molar-refractivity contribution is -0.191. The van der Waals surface area contributed by atoms with Crippen molar-refractivity contribution in [2.45, 2.75) is 45.9 Å². The molecular weight excluding hydrogens is 422 g/mol. The van der Waals surface area contributed by atoms with Crippen molar-refractivity contribution in [1.82, 2.24) is 5.06 Å². The maximum atomic E-state index is 12.6. The number of nitrogens with zero attached hydrogens (tertiary/aromatic N) is 1. The van der Waals surface area contributed by atoms with E-state index in [1.807, 2.05) is 0 Å². The van der Waals surface area contributed by atoms with Crippen molar-refractivity contribution in [3.63, 3.8) is 0 Å². The molecule has 1 aromatic carbocycles. The highest BCUT2D eigenvalue weighted by atomic mass is 28.3. The van der Waals surface area contributed by atoms with Gasteiger partial charge in [0, 0.05) is 12.2 Å². The second-order valence-corrected chi connectivity index (χ2v) is 18.3. The molecule has 0 aromatic heterocycles. The van der Waals surface area contributed by atoms with E-state index < -0.39 is 28.0 Å². The largest absolute Gasteiger partial charge is 0.497 e. The molecule has 2 amide bonds. The minimum atomic E-state index is -1.55. The number of amides is 2. The zero-order valence-electron chi connectivity index (χ0n) is 19.4. The van der Waals surface area contributed by atoms with E-state index in [0.717, 1.165) is 10.6 Å². The summed E-state index contributed by atoms with van der Waals surface area (Å²) in [6.07, 6.45) is 5.37. The Morgan fingerprint density at radius 1 is 0.871 bits per heavy atom. The van der Waals surface area contributed by atoms with Gasteiger partial charge in [-0.05, 0) is 29.8 Å². The maximum Gasteiger partial charge on any atom is 0.278 e. The number of rotatable bonds is 6. The summed E-state index contributed by atoms with van der Waals surface area (Å²) in [6, 6.07) is 7.17. The summed E-state index contributed by atoms with van der Waals surface area (Å²) in [6.45, 7) is 12.7. The fraction of sp³-hybridized carbons (Fsp3) is 0.333. The maximum absolute atomic E-state index is 12.6. The standard InChI is InChI=1S/C24H31NO4Si2/c1-28-22-16-14-21(15-17-22)20-29-25(23(26)12-8-10-18-30(2,3)4)24(27)13-9-11-19-31(5,6)7/h8-9,12-17H,20H2,1-7H3/b12-8+,13-9+. The number of methoxy groups -OCH3 is 1. The fourth-order valence-corrected chi connectivity index (χ4v) is 3.01. The van der Waals surface area contributed by atoms with Gasteiger partial charge in [0.05, 0.1) is 7.11 Å². The van der Waals surface area contributed by atoms with Gasteiger partial charge in [0.1, 0.15) is 28.5 Å². The summed E-state index contributed by atoms with van der Waals surface area (Å²) >= 11 is 0. The Balaban J connectivity index is 2.97. The third-order valence-electron chi connectivity index (χ3n) is 3.43. The van der Waals surface area contributed by atoms with Crippen LogP contribution in [-0.2, 0) is 21.0 Å². The Hall–Kier alpha value is -2.85. The van der Waals surface area contributed by atoms with E-state index in [4.69, 9.17) is 9.57 Å². The molecule has 0 saturated carbocycles. The van der Waals surface area contributed by atoms with Crippen LogP contribution in [0.25, 0.3) is 0 Å². The van der Waals surface area contributed by atoms with Crippen LogP contribution >= 0.6 is 0 Å². The molecule has 0 aliphatic carbocycles. The number of benzene rings is 1. The van der Waals surface area contributed by atoms with Crippen molar-refractivity contribution in [1.29, 1.82) is 0 Å². The molecule has 164 valence electrons. The molecule has 0 aliphatic heterocycles. The molecule has 0 atom stereocenters. The molecule has 1 rings (SSSR count). The van der Waals surface area contributed by atoms with Gasteiger partial charge in [-0.1, -0.05) is 63.3 Å². The molecule has 7 heteroatoms. The van der Waals surface area contributed by atoms with Crippen molar-refractivity contribution in [3.05, 3.63) is 54.1 Å². The van der Waals surface area contributed by atoms with Crippen LogP contribution in [0.4, 0.5) is 0 Å². The van der Waals surface area contributed by atoms with Gasteiger partial charge in [0.2, 0.25) is 0 Å². The van der Waals surface area contributed by atoms with Crippen LogP contribution < -0.4 is 4.74 Å². The normalized spacial score (nSPS) is 11.5. The van der Waals surface area contributed by atoms with Gasteiger partial charge in [0.25, 0.3) is 11.8 Å². The summed E-state index contributed by atoms with van der Waals surface area (Å²) in [5.41, 5.74) is 7.06. The molecule has 0 radical (unpaired) electrons. The van der Waals surface area contributed by atoms with E-state index in [9.17, 15) is 9.59 Å². The van der Waals surface area contributed by atoms with Crippen molar-refractivity contribution < 1.29 is 19.2 Å². The minimum Gasteiger partial charge on any atom is -0.497 e. The van der Waals surface area contributed by atoms with E-state index in [-0.39, 0.29) is 6.61 Å². The van der Waals surface area contributed by atoms with Crippen molar-refractivity contribution in [2.75, 3.05) is 7.11 Å². The lowest BCUT2D eigenvalue weighted by Gasteiger charge is -2.17. The number of allylic oxidation sites excluding steroid dienone is 2. The smallest absolute Gasteiger partial charge is 0.278 e. The van der Waals surface area contributed by atoms with E-state index in [1.165, 1.54) is 24.3 Å². The second-order valence-electron chi connectivity index (χ2n) is 8.80. The van der Waals surface area contributed by atoms with Gasteiger partial charge in [-0.3, -0.25) is 14.4 Å². The quantitative estimate of drug-likeness (QED) is 0.278. The Morgan fingerprint density at radius 3 is 1.71 bits per heavy atom. The Kier molecular flexibility index (Phi) is 10.2. The zero-order chi connectivity index (χ0) is 23.5. The highest BCUT2D eigenvalue weighted by Gasteiger charge is 2.19. The monoisotopic (exact) mass is 453 g/mol. The third-order valence-corrected chi connectivity index (χ3v) is 5.22. The first-order chi connectivity index (χ1) is 14.4. The summed E-state index contributed by atoms with van der Waals surface area (Å²) in [7, 11) is -1.52. The van der Waals surface area contributed by atoms with Gasteiger partial charge < -0.3 is 4.74 Å². The van der Waals surface area contributed by atoms with E-state index in [0.29, 0.717) is 5.75 Å². The fourth-order valence-electron chi connectivity index (χ4n) is 1.97. The van der Waals surface area contributed by atoms with Crippen molar-refractivity contribution in [3.8, 4) is 28.7 Å². The summed E-state index contributed by atoms with van der Waals surface area (Å²) in [4.78, 5) is 30.7. The Bertz CT molecular complexity index is 890. The Morgan fingerprint density at radius 2 is 1.32 bits per heavy atom. The van der Waals surface area contributed by atoms with Gasteiger partial charge >= 0.3 is 0 Å². The SMILES string of the molecule is COc1ccc(CON(C(=O)/C=C/C#C[Si](C)(C)C)C(=O)/C=C/C#C[Si](C)(C)C)cc1. The molecule has 0 saturated heterocycles. The number of ether oxygens (including phenoxy) is 1. The number of carbonyl (C=O) groups excluding carboxylic acids is 2. The lowest BCUT2D eigenvalue weighted by Crippen LogP contribution is -2.34. The molecular formula is C24H31NO4Si2. The number of hydroxylamine groups is 2. The van der Waals surface area contributed by atoms with Crippen LogP contribution in [0.3, 0.4) is 0 Å². The third kappa shape index (κ3) is 11.8. The van der Waals surface area contributed by atoms with Crippen LogP contribution in [0.1, 0.15) is 5.56 Å². The molecule has 0 N–H and O–H groups in total. The number of hydrogen-bond donors (Lipinski definition) is 0. The lowest BCUT2D eigenvalue weighted by atomic mass is 10.2. The topological polar surface area (TPSA) is 55.8 Å². The first kappa shape index (κ1) is 26.2. The average Bonchev–Trinajstić information content (AvgIpc) is 2.68. The van der Waals surface area contributed by atoms with Gasteiger partial charge in [-0.2, -0.15) is 0 Å². The number of hydrogen-bond acceptors (Lipinski definition) is 4. The zero-order valence-corrected chi connectivity index (χ0v) is 21.4. The number of carbonyl (C=O) groups is 2. The first-order valence-electron chi connectivity index (χ1n) is 9.94. The van der Waals surface area contributed by atoms with Gasteiger partial charge in [0.15, 0.2) is 0 Å². The molecule has 1 aromatic rings. The molecule has 0 heterocycles. The predicted octanol–water partition coefficient (Wildman–Crippen LogP) is 4.36. The van der Waals surface area contributed by atoms with Gasteiger partial charge in [-0.25, -0.2) is 0 Å². The highest BCUT2D eigenvalue weighted by Crippen LogP contribution is 2.13. The predicted molar refractivity (Wildman–Crippen MR) is 130 cm³/mol. The summed E-state index contributed by atoms with van der Waals surface area (Å²) < 4.78 is 5.13. The van der Waals surface area contributed by atoms with E-state index in [1.54, 1.807) is 31.4 Å². The van der Waals surface area contributed by atoms with Crippen LogP contribution in [0.5, 0.6) is 5.75 Å². The first-order valence-corrected chi connectivity index (χ1v) is 16.9. The van der Waals surface area contributed by atoms with Crippen LogP contribution in [0.2, 0.25) is 39.3 Å². The molecule has 0 spiro atoms. The summed E-state index contributed by atoms with van der Waals surface area (Å²) in [5.74, 6) is 5.24. The number of imide groups is 1. The van der Waals surface area contributed by atoms with Crippen LogP contribution in [0.15, 0.2) is 48.6 Å². The highest BCUT2D eigenvalue weighted by molar-refractivity contribution is 6.84. The van der Waals surface area contributed by atoms with E-state index >= 15 is 0 Å². The summed E-state index contributed by atoms with van der Waals surface area (Å²) in [5, 5.41) is 0.726.